The summed E-state index contributed by atoms with van der Waals surface area (Å²) < 4.78 is 5.31. The highest BCUT2D eigenvalue weighted by Gasteiger charge is 2.11. The van der Waals surface area contributed by atoms with Gasteiger partial charge < -0.3 is 15.9 Å². The van der Waals surface area contributed by atoms with Gasteiger partial charge in [0.15, 0.2) is 0 Å². The average molecular weight is 313 g/mol. The summed E-state index contributed by atoms with van der Waals surface area (Å²) in [4.78, 5) is 23.6. The first-order chi connectivity index (χ1) is 11.0. The van der Waals surface area contributed by atoms with E-state index in [-0.39, 0.29) is 12.2 Å². The normalized spacial score (nSPS) is 9.78. The first-order valence-corrected chi connectivity index (χ1v) is 6.59. The lowest BCUT2D eigenvalue weighted by atomic mass is 10.1. The number of aromatic amines is 1. The summed E-state index contributed by atoms with van der Waals surface area (Å²) in [7, 11) is 0. The predicted octanol–water partition coefficient (Wildman–Crippen LogP) is 1.24. The molecule has 0 aliphatic rings. The molecule has 0 spiro atoms. The number of nitrogens with zero attached hydrogens (tertiary/aromatic N) is 2. The summed E-state index contributed by atoms with van der Waals surface area (Å²) in [6, 6.07) is 9.51. The molecule has 0 unspecified atom stereocenters. The molecular formula is C15H15N5O3. The number of benzene rings is 1. The standard InChI is InChI=1S/C14H12N4O2.CH3NO/c1-8-5-11(18-17-8)9-3-2-4-10(6-9)14-16-7-12(20-14)13(15)19;2-1-3/h2-7H,1H3,(H2,15,19)(H,17,18);1H,(H2,2,3). The van der Waals surface area contributed by atoms with Gasteiger partial charge in [0.05, 0.1) is 11.9 Å². The molecule has 2 aromatic heterocycles. The monoisotopic (exact) mass is 313 g/mol. The van der Waals surface area contributed by atoms with Gasteiger partial charge in [0.2, 0.25) is 18.1 Å². The number of rotatable bonds is 3. The lowest BCUT2D eigenvalue weighted by molar-refractivity contribution is -0.106. The van der Waals surface area contributed by atoms with Crippen LogP contribution in [-0.4, -0.2) is 27.5 Å². The maximum Gasteiger partial charge on any atom is 0.286 e. The fourth-order valence-corrected chi connectivity index (χ4v) is 1.90. The summed E-state index contributed by atoms with van der Waals surface area (Å²) in [6.45, 7) is 1.94. The zero-order chi connectivity index (χ0) is 16.8. The van der Waals surface area contributed by atoms with Gasteiger partial charge in [0.25, 0.3) is 5.91 Å². The highest BCUT2D eigenvalue weighted by atomic mass is 16.4. The molecule has 23 heavy (non-hydrogen) atoms. The molecule has 1 aromatic carbocycles. The summed E-state index contributed by atoms with van der Waals surface area (Å²) in [5, 5.41) is 7.10. The Balaban J connectivity index is 0.000000595. The van der Waals surface area contributed by atoms with Crippen LogP contribution in [0.5, 0.6) is 0 Å². The lowest BCUT2D eigenvalue weighted by Crippen LogP contribution is -2.09. The van der Waals surface area contributed by atoms with Gasteiger partial charge in [-0.25, -0.2) is 4.98 Å². The third-order valence-corrected chi connectivity index (χ3v) is 2.86. The Bertz CT molecular complexity index is 822. The molecular weight excluding hydrogens is 298 g/mol. The molecule has 0 aliphatic carbocycles. The Labute approximate surface area is 131 Å². The second-order valence-electron chi connectivity index (χ2n) is 4.55. The second kappa shape index (κ2) is 7.03. The Kier molecular flexibility index (Phi) is 4.88. The van der Waals surface area contributed by atoms with E-state index < -0.39 is 5.91 Å². The van der Waals surface area contributed by atoms with Gasteiger partial charge in [0, 0.05) is 16.8 Å². The van der Waals surface area contributed by atoms with Crippen molar-refractivity contribution >= 4 is 12.3 Å². The number of hydrogen-bond acceptors (Lipinski definition) is 5. The molecule has 2 heterocycles. The molecule has 8 nitrogen and oxygen atoms in total. The molecule has 0 aliphatic heterocycles. The van der Waals surface area contributed by atoms with E-state index in [2.05, 4.69) is 20.9 Å². The number of carbonyl (C=O) groups excluding carboxylic acids is 2. The predicted molar refractivity (Wildman–Crippen MR) is 83.0 cm³/mol. The van der Waals surface area contributed by atoms with E-state index in [1.54, 1.807) is 0 Å². The zero-order valence-electron chi connectivity index (χ0n) is 12.3. The van der Waals surface area contributed by atoms with Gasteiger partial charge >= 0.3 is 0 Å². The van der Waals surface area contributed by atoms with Crippen LogP contribution >= 0.6 is 0 Å². The number of nitrogens with one attached hydrogen (secondary N) is 1. The minimum Gasteiger partial charge on any atom is -0.431 e. The van der Waals surface area contributed by atoms with E-state index in [0.717, 1.165) is 22.5 Å². The van der Waals surface area contributed by atoms with Crippen LogP contribution in [0.4, 0.5) is 0 Å². The first kappa shape index (κ1) is 16.0. The van der Waals surface area contributed by atoms with Crippen molar-refractivity contribution in [2.24, 2.45) is 11.5 Å². The number of amides is 2. The maximum atomic E-state index is 11.0. The third-order valence-electron chi connectivity index (χ3n) is 2.86. The van der Waals surface area contributed by atoms with Crippen molar-refractivity contribution in [2.75, 3.05) is 0 Å². The van der Waals surface area contributed by atoms with Crippen LogP contribution in [0.1, 0.15) is 16.2 Å². The van der Waals surface area contributed by atoms with Crippen molar-refractivity contribution in [3.05, 3.63) is 48.0 Å². The van der Waals surface area contributed by atoms with Crippen LogP contribution in [-0.2, 0) is 4.79 Å². The van der Waals surface area contributed by atoms with Crippen LogP contribution in [0.2, 0.25) is 0 Å². The number of carbonyl (C=O) groups is 2. The summed E-state index contributed by atoms with van der Waals surface area (Å²) in [5.41, 5.74) is 12.8. The highest BCUT2D eigenvalue weighted by molar-refractivity contribution is 5.89. The number of aryl methyl sites for hydroxylation is 1. The van der Waals surface area contributed by atoms with Crippen LogP contribution in [0.3, 0.4) is 0 Å². The smallest absolute Gasteiger partial charge is 0.286 e. The molecule has 8 heteroatoms. The second-order valence-corrected chi connectivity index (χ2v) is 4.55. The highest BCUT2D eigenvalue weighted by Crippen LogP contribution is 2.25. The molecule has 0 radical (unpaired) electrons. The summed E-state index contributed by atoms with van der Waals surface area (Å²) >= 11 is 0. The minimum atomic E-state index is -0.636. The minimum absolute atomic E-state index is 0.0426. The molecule has 3 rings (SSSR count). The van der Waals surface area contributed by atoms with Gasteiger partial charge in [-0.15, -0.1) is 0 Å². The number of hydrogen-bond donors (Lipinski definition) is 3. The van der Waals surface area contributed by atoms with Gasteiger partial charge in [-0.3, -0.25) is 14.7 Å². The van der Waals surface area contributed by atoms with Crippen molar-refractivity contribution in [1.82, 2.24) is 15.2 Å². The van der Waals surface area contributed by atoms with E-state index in [1.165, 1.54) is 6.20 Å². The number of aromatic nitrogens is 3. The molecule has 0 saturated carbocycles. The lowest BCUT2D eigenvalue weighted by Gasteiger charge is -1.99. The Morgan fingerprint density at radius 3 is 2.57 bits per heavy atom. The largest absolute Gasteiger partial charge is 0.431 e. The number of nitrogens with two attached hydrogens (primary N) is 2. The van der Waals surface area contributed by atoms with Gasteiger partial charge in [0.1, 0.15) is 0 Å². The van der Waals surface area contributed by atoms with Gasteiger partial charge in [-0.2, -0.15) is 5.10 Å². The molecule has 5 N–H and O–H groups in total. The number of oxazole rings is 1. The molecule has 0 atom stereocenters. The van der Waals surface area contributed by atoms with Crippen LogP contribution in [0, 0.1) is 6.92 Å². The molecule has 2 amide bonds. The van der Waals surface area contributed by atoms with Crippen molar-refractivity contribution in [3.8, 4) is 22.7 Å². The Morgan fingerprint density at radius 2 is 2.00 bits per heavy atom. The van der Waals surface area contributed by atoms with E-state index in [9.17, 15) is 4.79 Å². The van der Waals surface area contributed by atoms with Crippen molar-refractivity contribution in [1.29, 1.82) is 0 Å². The Morgan fingerprint density at radius 1 is 1.30 bits per heavy atom. The molecule has 0 bridgehead atoms. The molecule has 118 valence electrons. The number of H-pyrrole nitrogens is 1. The quantitative estimate of drug-likeness (QED) is 0.624. The van der Waals surface area contributed by atoms with E-state index in [4.69, 9.17) is 14.9 Å². The van der Waals surface area contributed by atoms with Gasteiger partial charge in [-0.1, -0.05) is 12.1 Å². The Hall–Kier alpha value is -3.42. The third kappa shape index (κ3) is 3.82. The topological polar surface area (TPSA) is 141 Å². The van der Waals surface area contributed by atoms with E-state index >= 15 is 0 Å². The van der Waals surface area contributed by atoms with Crippen molar-refractivity contribution < 1.29 is 14.0 Å². The van der Waals surface area contributed by atoms with Crippen LogP contribution < -0.4 is 11.5 Å². The fraction of sp³-hybridized carbons (Fsp3) is 0.0667. The molecule has 0 saturated heterocycles. The average Bonchev–Trinajstić information content (AvgIpc) is 3.17. The fourth-order valence-electron chi connectivity index (χ4n) is 1.90. The zero-order valence-corrected chi connectivity index (χ0v) is 12.3. The van der Waals surface area contributed by atoms with Crippen LogP contribution in [0.15, 0.2) is 40.9 Å². The van der Waals surface area contributed by atoms with E-state index in [0.29, 0.717) is 5.89 Å². The van der Waals surface area contributed by atoms with Crippen molar-refractivity contribution in [3.63, 3.8) is 0 Å². The maximum absolute atomic E-state index is 11.0. The SMILES string of the molecule is Cc1cc(-c2cccc(-c3ncc(C(N)=O)o3)c2)n[nH]1.NC=O. The summed E-state index contributed by atoms with van der Waals surface area (Å²) in [6.07, 6.45) is 1.57. The van der Waals surface area contributed by atoms with Gasteiger partial charge in [-0.05, 0) is 25.1 Å². The van der Waals surface area contributed by atoms with Crippen molar-refractivity contribution in [2.45, 2.75) is 6.92 Å². The number of primary amides is 2. The summed E-state index contributed by atoms with van der Waals surface area (Å²) in [5.74, 6) is -0.239. The first-order valence-electron chi connectivity index (χ1n) is 6.59. The van der Waals surface area contributed by atoms with Crippen LogP contribution in [0.25, 0.3) is 22.7 Å². The molecule has 3 aromatic rings. The van der Waals surface area contributed by atoms with E-state index in [1.807, 2.05) is 37.3 Å². The molecule has 0 fully saturated rings.